The fourth-order valence-electron chi connectivity index (χ4n) is 3.28. The number of nitrogens with one attached hydrogen (secondary N) is 1. The maximum atomic E-state index is 14.0. The van der Waals surface area contributed by atoms with Gasteiger partial charge in [0.15, 0.2) is 24.0 Å². The van der Waals surface area contributed by atoms with Crippen LogP contribution in [0.1, 0.15) is 27.4 Å². The molecule has 0 saturated heterocycles. The number of halogens is 3. The predicted molar refractivity (Wildman–Crippen MR) is 114 cm³/mol. The number of anilines is 1. The summed E-state index contributed by atoms with van der Waals surface area (Å²) >= 11 is 0. The second-order valence-electron chi connectivity index (χ2n) is 7.34. The molecule has 1 N–H and O–H groups in total. The number of carbonyl (C=O) groups is 1. The molecule has 2 heterocycles. The molecule has 2 aromatic carbocycles. The normalized spacial score (nSPS) is 10.9. The third-order valence-corrected chi connectivity index (χ3v) is 5.02. The molecular formula is C23H20F3N5O2. The summed E-state index contributed by atoms with van der Waals surface area (Å²) < 4.78 is 48.9. The summed E-state index contributed by atoms with van der Waals surface area (Å²) in [4.78, 5) is 12.7. The van der Waals surface area contributed by atoms with Crippen LogP contribution in [0.2, 0.25) is 0 Å². The average molecular weight is 455 g/mol. The third kappa shape index (κ3) is 4.89. The molecule has 0 aliphatic heterocycles. The Morgan fingerprint density at radius 3 is 2.58 bits per heavy atom. The molecule has 1 amide bonds. The Labute approximate surface area is 187 Å². The van der Waals surface area contributed by atoms with Gasteiger partial charge in [-0.05, 0) is 38.1 Å². The minimum Gasteiger partial charge on any atom is -0.468 e. The summed E-state index contributed by atoms with van der Waals surface area (Å²) in [6.07, 6.45) is 1.50. The minimum absolute atomic E-state index is 0.110. The lowest BCUT2D eigenvalue weighted by molar-refractivity contribution is 0.102. The van der Waals surface area contributed by atoms with Crippen molar-refractivity contribution in [3.8, 4) is 5.75 Å². The number of ether oxygens (including phenoxy) is 1. The first-order valence-electron chi connectivity index (χ1n) is 10.0. The molecule has 0 atom stereocenters. The van der Waals surface area contributed by atoms with E-state index in [2.05, 4.69) is 15.5 Å². The lowest BCUT2D eigenvalue weighted by Gasteiger charge is -2.08. The molecule has 0 aliphatic carbocycles. The molecule has 170 valence electrons. The molecule has 7 nitrogen and oxygen atoms in total. The van der Waals surface area contributed by atoms with Crippen LogP contribution in [0.3, 0.4) is 0 Å². The van der Waals surface area contributed by atoms with Crippen molar-refractivity contribution in [1.82, 2.24) is 19.6 Å². The minimum atomic E-state index is -0.835. The highest BCUT2D eigenvalue weighted by molar-refractivity contribution is 6.03. The molecule has 10 heteroatoms. The quantitative estimate of drug-likeness (QED) is 0.447. The summed E-state index contributed by atoms with van der Waals surface area (Å²) in [6, 6.07) is 10.9. The van der Waals surface area contributed by atoms with Gasteiger partial charge in [-0.25, -0.2) is 17.9 Å². The molecule has 0 unspecified atom stereocenters. The number of benzene rings is 2. The van der Waals surface area contributed by atoms with Crippen LogP contribution in [0.25, 0.3) is 0 Å². The number of hydrogen-bond acceptors (Lipinski definition) is 4. The van der Waals surface area contributed by atoms with Crippen LogP contribution in [0, 0.1) is 31.3 Å². The van der Waals surface area contributed by atoms with E-state index in [0.717, 1.165) is 6.07 Å². The molecule has 33 heavy (non-hydrogen) atoms. The highest BCUT2D eigenvalue weighted by Gasteiger charge is 2.18. The summed E-state index contributed by atoms with van der Waals surface area (Å²) in [7, 11) is 0. The maximum absolute atomic E-state index is 14.0. The molecule has 0 fully saturated rings. The van der Waals surface area contributed by atoms with Crippen LogP contribution in [0.15, 0.2) is 54.7 Å². The average Bonchev–Trinajstić information content (AvgIpc) is 3.35. The van der Waals surface area contributed by atoms with E-state index in [0.29, 0.717) is 28.7 Å². The van der Waals surface area contributed by atoms with E-state index in [-0.39, 0.29) is 30.5 Å². The number of rotatable bonds is 7. The number of carbonyl (C=O) groups excluding carboxylic acids is 1. The first-order valence-corrected chi connectivity index (χ1v) is 10.0. The molecule has 0 aliphatic rings. The second kappa shape index (κ2) is 9.19. The smallest absolute Gasteiger partial charge is 0.276 e. The van der Waals surface area contributed by atoms with Gasteiger partial charge in [-0.3, -0.25) is 9.48 Å². The predicted octanol–water partition coefficient (Wildman–Crippen LogP) is 4.45. The monoisotopic (exact) mass is 455 g/mol. The Morgan fingerprint density at radius 1 is 1.03 bits per heavy atom. The Bertz CT molecular complexity index is 1320. The van der Waals surface area contributed by atoms with Gasteiger partial charge in [0.05, 0.1) is 23.6 Å². The van der Waals surface area contributed by atoms with Crippen molar-refractivity contribution in [1.29, 1.82) is 0 Å². The lowest BCUT2D eigenvalue weighted by Crippen LogP contribution is -2.15. The van der Waals surface area contributed by atoms with Crippen molar-refractivity contribution < 1.29 is 22.7 Å². The molecular weight excluding hydrogens is 435 g/mol. The summed E-state index contributed by atoms with van der Waals surface area (Å²) in [5.74, 6) is -2.48. The molecule has 0 saturated carbocycles. The van der Waals surface area contributed by atoms with Crippen LogP contribution < -0.4 is 10.1 Å². The van der Waals surface area contributed by atoms with Gasteiger partial charge in [0, 0.05) is 17.8 Å². The van der Waals surface area contributed by atoms with Gasteiger partial charge >= 0.3 is 0 Å². The molecule has 0 radical (unpaired) electrons. The number of aromatic nitrogens is 4. The fourth-order valence-corrected chi connectivity index (χ4v) is 3.28. The number of aryl methyl sites for hydroxylation is 1. The Hall–Kier alpha value is -4.08. The van der Waals surface area contributed by atoms with E-state index in [1.54, 1.807) is 36.7 Å². The van der Waals surface area contributed by atoms with Crippen LogP contribution >= 0.6 is 0 Å². The number of amides is 1. The van der Waals surface area contributed by atoms with E-state index in [9.17, 15) is 18.0 Å². The molecule has 0 bridgehead atoms. The van der Waals surface area contributed by atoms with Crippen molar-refractivity contribution in [2.75, 3.05) is 5.32 Å². The molecule has 4 aromatic rings. The standard InChI is InChI=1S/C23H20F3N5O2/c1-14-22(15(2)31(28-14)12-16-5-3-4-6-18(16)25)27-23(32)20-9-10-30(29-20)13-33-21-8-7-17(24)11-19(21)26/h3-11H,12-13H2,1-2H3,(H,27,32). The van der Waals surface area contributed by atoms with Crippen LogP contribution in [0.5, 0.6) is 5.75 Å². The van der Waals surface area contributed by atoms with Crippen molar-refractivity contribution in [3.05, 3.63) is 94.8 Å². The van der Waals surface area contributed by atoms with Crippen LogP contribution in [-0.2, 0) is 13.3 Å². The number of hydrogen-bond donors (Lipinski definition) is 1. The van der Waals surface area contributed by atoms with E-state index in [4.69, 9.17) is 4.74 Å². The maximum Gasteiger partial charge on any atom is 0.276 e. The zero-order chi connectivity index (χ0) is 23.5. The second-order valence-corrected chi connectivity index (χ2v) is 7.34. The topological polar surface area (TPSA) is 74.0 Å². The van der Waals surface area contributed by atoms with Gasteiger partial charge in [-0.1, -0.05) is 18.2 Å². The SMILES string of the molecule is Cc1nn(Cc2ccccc2F)c(C)c1NC(=O)c1ccn(COc2ccc(F)cc2F)n1. The summed E-state index contributed by atoms with van der Waals surface area (Å²) in [6.45, 7) is 3.57. The highest BCUT2D eigenvalue weighted by atomic mass is 19.1. The first-order chi connectivity index (χ1) is 15.8. The van der Waals surface area contributed by atoms with Crippen LogP contribution in [-0.4, -0.2) is 25.5 Å². The largest absolute Gasteiger partial charge is 0.468 e. The van der Waals surface area contributed by atoms with E-state index >= 15 is 0 Å². The third-order valence-electron chi connectivity index (χ3n) is 5.02. The summed E-state index contributed by atoms with van der Waals surface area (Å²) in [5, 5.41) is 11.3. The van der Waals surface area contributed by atoms with Crippen molar-refractivity contribution in [2.24, 2.45) is 0 Å². The lowest BCUT2D eigenvalue weighted by atomic mass is 10.2. The zero-order valence-electron chi connectivity index (χ0n) is 17.8. The highest BCUT2D eigenvalue weighted by Crippen LogP contribution is 2.22. The van der Waals surface area contributed by atoms with Gasteiger partial charge in [0.2, 0.25) is 0 Å². The molecule has 4 rings (SSSR count). The van der Waals surface area contributed by atoms with Crippen molar-refractivity contribution in [2.45, 2.75) is 27.1 Å². The Balaban J connectivity index is 1.43. The number of nitrogens with zero attached hydrogens (tertiary/aromatic N) is 4. The zero-order valence-corrected chi connectivity index (χ0v) is 17.8. The van der Waals surface area contributed by atoms with Gasteiger partial charge in [0.1, 0.15) is 11.6 Å². The van der Waals surface area contributed by atoms with Gasteiger partial charge in [-0.15, -0.1) is 0 Å². The first kappa shape index (κ1) is 22.1. The van der Waals surface area contributed by atoms with Crippen molar-refractivity contribution >= 4 is 11.6 Å². The van der Waals surface area contributed by atoms with E-state index in [1.165, 1.54) is 29.1 Å². The Morgan fingerprint density at radius 2 is 1.82 bits per heavy atom. The van der Waals surface area contributed by atoms with E-state index in [1.807, 2.05) is 0 Å². The molecule has 0 spiro atoms. The Kier molecular flexibility index (Phi) is 6.16. The van der Waals surface area contributed by atoms with Gasteiger partial charge in [0.25, 0.3) is 5.91 Å². The fraction of sp³-hybridized carbons (Fsp3) is 0.174. The van der Waals surface area contributed by atoms with Gasteiger partial charge in [-0.2, -0.15) is 10.2 Å². The molecule has 2 aromatic heterocycles. The van der Waals surface area contributed by atoms with Crippen molar-refractivity contribution in [3.63, 3.8) is 0 Å². The summed E-state index contributed by atoms with van der Waals surface area (Å²) in [5.41, 5.74) is 2.34. The van der Waals surface area contributed by atoms with Gasteiger partial charge < -0.3 is 10.1 Å². The van der Waals surface area contributed by atoms with Crippen LogP contribution in [0.4, 0.5) is 18.9 Å². The van der Waals surface area contributed by atoms with E-state index < -0.39 is 17.5 Å².